The molecule has 3 heterocycles. The number of urea groups is 1. The summed E-state index contributed by atoms with van der Waals surface area (Å²) < 4.78 is 10.8. The van der Waals surface area contributed by atoms with Crippen LogP contribution in [0.3, 0.4) is 0 Å². The summed E-state index contributed by atoms with van der Waals surface area (Å²) in [4.78, 5) is 34.0. The van der Waals surface area contributed by atoms with Gasteiger partial charge in [-0.05, 0) is 31.9 Å². The fraction of sp³-hybridized carbons (Fsp3) is 0.391. The van der Waals surface area contributed by atoms with E-state index in [1.165, 1.54) is 4.90 Å². The second-order valence-corrected chi connectivity index (χ2v) is 8.25. The molecule has 1 aliphatic heterocycles. The molecular formula is C23H24N4O4. The molecule has 0 radical (unpaired) electrons. The van der Waals surface area contributed by atoms with Crippen molar-refractivity contribution in [1.82, 2.24) is 19.9 Å². The van der Waals surface area contributed by atoms with Crippen molar-refractivity contribution in [3.05, 3.63) is 59.9 Å². The number of hydrogen-bond donors (Lipinski definition) is 0. The van der Waals surface area contributed by atoms with E-state index in [-0.39, 0.29) is 37.0 Å². The largest absolute Gasteiger partial charge is 0.467 e. The summed E-state index contributed by atoms with van der Waals surface area (Å²) in [7, 11) is 0. The maximum absolute atomic E-state index is 13.3. The Balaban J connectivity index is 1.40. The molecule has 2 unspecified atom stereocenters. The smallest absolute Gasteiger partial charge is 0.327 e. The molecule has 8 heteroatoms. The molecule has 3 aromatic rings. The Morgan fingerprint density at radius 3 is 2.65 bits per heavy atom. The lowest BCUT2D eigenvalue weighted by molar-refractivity contribution is -0.141. The van der Waals surface area contributed by atoms with Gasteiger partial charge < -0.3 is 13.8 Å². The van der Waals surface area contributed by atoms with E-state index >= 15 is 0 Å². The molecule has 2 aromatic heterocycles. The van der Waals surface area contributed by atoms with Gasteiger partial charge in [-0.2, -0.15) is 4.98 Å². The number of amides is 3. The highest BCUT2D eigenvalue weighted by Crippen LogP contribution is 2.36. The molecule has 2 fully saturated rings. The average Bonchev–Trinajstić information content (AvgIpc) is 3.47. The van der Waals surface area contributed by atoms with E-state index in [0.717, 1.165) is 36.8 Å². The first kappa shape index (κ1) is 19.5. The number of imide groups is 1. The Bertz CT molecular complexity index is 1070. The van der Waals surface area contributed by atoms with Gasteiger partial charge in [0.1, 0.15) is 12.3 Å². The zero-order valence-electron chi connectivity index (χ0n) is 17.4. The number of furan rings is 1. The molecule has 0 N–H and O–H groups in total. The Hall–Kier alpha value is -3.42. The Morgan fingerprint density at radius 2 is 1.87 bits per heavy atom. The fourth-order valence-electron chi connectivity index (χ4n) is 4.54. The van der Waals surface area contributed by atoms with E-state index in [9.17, 15) is 9.59 Å². The van der Waals surface area contributed by atoms with Crippen molar-refractivity contribution in [2.75, 3.05) is 0 Å². The van der Waals surface area contributed by atoms with Crippen LogP contribution >= 0.6 is 0 Å². The van der Waals surface area contributed by atoms with E-state index in [0.29, 0.717) is 17.5 Å². The van der Waals surface area contributed by atoms with Gasteiger partial charge in [-0.1, -0.05) is 47.8 Å². The number of hydrogen-bond acceptors (Lipinski definition) is 6. The third-order valence-electron chi connectivity index (χ3n) is 6.17. The van der Waals surface area contributed by atoms with E-state index < -0.39 is 0 Å². The fourth-order valence-corrected chi connectivity index (χ4v) is 4.54. The van der Waals surface area contributed by atoms with Gasteiger partial charge >= 0.3 is 6.03 Å². The number of nitrogens with zero attached hydrogens (tertiary/aromatic N) is 4. The van der Waals surface area contributed by atoms with Gasteiger partial charge in [0.2, 0.25) is 17.6 Å². The van der Waals surface area contributed by atoms with Crippen molar-refractivity contribution < 1.29 is 18.5 Å². The first-order chi connectivity index (χ1) is 15.1. The SMILES string of the molecule is Cc1ccc(-c2noc(CN3C(=O)N(Cc4ccco4)C(=O)C4CCCCC43)n2)cc1. The summed E-state index contributed by atoms with van der Waals surface area (Å²) in [6, 6.07) is 10.9. The van der Waals surface area contributed by atoms with Crippen molar-refractivity contribution in [3.63, 3.8) is 0 Å². The maximum Gasteiger partial charge on any atom is 0.327 e. The summed E-state index contributed by atoms with van der Waals surface area (Å²) in [5, 5.41) is 4.09. The molecule has 8 nitrogen and oxygen atoms in total. The maximum atomic E-state index is 13.3. The lowest BCUT2D eigenvalue weighted by atomic mass is 9.81. The number of aryl methyl sites for hydroxylation is 1. The molecule has 3 amide bonds. The number of carbonyl (C=O) groups excluding carboxylic acids is 2. The van der Waals surface area contributed by atoms with E-state index in [4.69, 9.17) is 8.94 Å². The predicted octanol–water partition coefficient (Wildman–Crippen LogP) is 4.16. The van der Waals surface area contributed by atoms with Gasteiger partial charge in [-0.3, -0.25) is 9.69 Å². The summed E-state index contributed by atoms with van der Waals surface area (Å²) in [5.74, 6) is 1.10. The van der Waals surface area contributed by atoms with Crippen molar-refractivity contribution in [3.8, 4) is 11.4 Å². The van der Waals surface area contributed by atoms with Crippen molar-refractivity contribution in [2.45, 2.75) is 51.7 Å². The average molecular weight is 420 g/mol. The standard InChI is InChI=1S/C23H24N4O4/c1-15-8-10-16(11-9-15)21-24-20(31-25-21)14-26-19-7-3-2-6-18(19)22(28)27(23(26)29)13-17-5-4-12-30-17/h4-5,8-12,18-19H,2-3,6-7,13-14H2,1H3. The van der Waals surface area contributed by atoms with E-state index in [1.807, 2.05) is 31.2 Å². The quantitative estimate of drug-likeness (QED) is 0.615. The zero-order chi connectivity index (χ0) is 21.4. The van der Waals surface area contributed by atoms with Crippen LogP contribution in [-0.4, -0.2) is 37.9 Å². The lowest BCUT2D eigenvalue weighted by Crippen LogP contribution is -2.61. The van der Waals surface area contributed by atoms with Crippen LogP contribution < -0.4 is 0 Å². The van der Waals surface area contributed by atoms with Crippen LogP contribution in [0.4, 0.5) is 4.79 Å². The summed E-state index contributed by atoms with van der Waals surface area (Å²) in [6.45, 7) is 2.33. The predicted molar refractivity (Wildman–Crippen MR) is 110 cm³/mol. The van der Waals surface area contributed by atoms with Crippen molar-refractivity contribution >= 4 is 11.9 Å². The van der Waals surface area contributed by atoms with Crippen molar-refractivity contribution in [1.29, 1.82) is 0 Å². The normalized spacial score (nSPS) is 21.5. The van der Waals surface area contributed by atoms with E-state index in [1.54, 1.807) is 23.3 Å². The van der Waals surface area contributed by atoms with Crippen LogP contribution in [0.1, 0.15) is 42.9 Å². The summed E-state index contributed by atoms with van der Waals surface area (Å²) >= 11 is 0. The van der Waals surface area contributed by atoms with Gasteiger partial charge in [-0.25, -0.2) is 4.79 Å². The molecule has 1 saturated heterocycles. The molecule has 5 rings (SSSR count). The van der Waals surface area contributed by atoms with Crippen LogP contribution in [0, 0.1) is 12.8 Å². The first-order valence-corrected chi connectivity index (χ1v) is 10.6. The van der Waals surface area contributed by atoms with Crippen LogP contribution in [0.5, 0.6) is 0 Å². The van der Waals surface area contributed by atoms with Gasteiger partial charge in [0, 0.05) is 11.6 Å². The highest BCUT2D eigenvalue weighted by Gasteiger charge is 2.47. The molecule has 31 heavy (non-hydrogen) atoms. The summed E-state index contributed by atoms with van der Waals surface area (Å²) in [6.07, 6.45) is 5.10. The minimum Gasteiger partial charge on any atom is -0.467 e. The van der Waals surface area contributed by atoms with E-state index in [2.05, 4.69) is 10.1 Å². The number of rotatable bonds is 5. The van der Waals surface area contributed by atoms with Crippen molar-refractivity contribution in [2.24, 2.45) is 5.92 Å². The van der Waals surface area contributed by atoms with Crippen LogP contribution in [0.2, 0.25) is 0 Å². The molecule has 1 aromatic carbocycles. The molecule has 160 valence electrons. The van der Waals surface area contributed by atoms with Gasteiger partial charge in [0.25, 0.3) is 0 Å². The second kappa shape index (κ2) is 8.02. The highest BCUT2D eigenvalue weighted by molar-refractivity contribution is 5.98. The minimum atomic E-state index is -0.334. The third kappa shape index (κ3) is 3.73. The van der Waals surface area contributed by atoms with Crippen LogP contribution in [0.25, 0.3) is 11.4 Å². The Kier molecular flexibility index (Phi) is 5.05. The molecule has 2 aliphatic rings. The number of benzene rings is 1. The monoisotopic (exact) mass is 420 g/mol. The molecular weight excluding hydrogens is 396 g/mol. The van der Waals surface area contributed by atoms with Crippen LogP contribution in [0.15, 0.2) is 51.6 Å². The topological polar surface area (TPSA) is 92.7 Å². The Labute approximate surface area is 179 Å². The number of aromatic nitrogens is 2. The molecule has 1 saturated carbocycles. The van der Waals surface area contributed by atoms with Crippen LogP contribution in [-0.2, 0) is 17.9 Å². The highest BCUT2D eigenvalue weighted by atomic mass is 16.5. The minimum absolute atomic E-state index is 0.117. The van der Waals surface area contributed by atoms with Gasteiger partial charge in [0.15, 0.2) is 0 Å². The lowest BCUT2D eigenvalue weighted by Gasteiger charge is -2.46. The second-order valence-electron chi connectivity index (χ2n) is 8.25. The zero-order valence-corrected chi connectivity index (χ0v) is 17.4. The molecule has 0 spiro atoms. The Morgan fingerprint density at radius 1 is 1.06 bits per heavy atom. The molecule has 1 aliphatic carbocycles. The van der Waals surface area contributed by atoms with Gasteiger partial charge in [0.05, 0.1) is 18.7 Å². The molecule has 2 atom stereocenters. The molecule has 0 bridgehead atoms. The third-order valence-corrected chi connectivity index (χ3v) is 6.17. The first-order valence-electron chi connectivity index (χ1n) is 10.6. The van der Waals surface area contributed by atoms with Gasteiger partial charge in [-0.15, -0.1) is 0 Å². The number of carbonyl (C=O) groups is 2. The summed E-state index contributed by atoms with van der Waals surface area (Å²) in [5.41, 5.74) is 2.01. The number of fused-ring (bicyclic) bond motifs is 1.